The summed E-state index contributed by atoms with van der Waals surface area (Å²) in [6.45, 7) is 8.42. The van der Waals surface area contributed by atoms with Crippen LogP contribution in [0, 0.1) is 11.3 Å². The van der Waals surface area contributed by atoms with Crippen molar-refractivity contribution in [2.45, 2.75) is 52.2 Å². The number of hydrogen-bond donors (Lipinski definition) is 1. The minimum atomic E-state index is -3.11. The third-order valence-electron chi connectivity index (χ3n) is 7.22. The highest BCUT2D eigenvalue weighted by molar-refractivity contribution is 7.57. The zero-order valence-electron chi connectivity index (χ0n) is 23.4. The molecule has 0 heterocycles. The van der Waals surface area contributed by atoms with Crippen LogP contribution in [-0.4, -0.2) is 31.9 Å². The SMILES string of the molecule is COc1cccc(-c2ccc(COc3cccc([C@@H](CP(C)(=O)O)C4CC4)c3)cc2[C@@H](OC)C(C)(C)C)c1. The summed E-state index contributed by atoms with van der Waals surface area (Å²) < 4.78 is 29.9. The molecule has 5 nitrogen and oxygen atoms in total. The lowest BCUT2D eigenvalue weighted by molar-refractivity contribution is 0.0155. The average Bonchev–Trinajstić information content (AvgIpc) is 3.71. The van der Waals surface area contributed by atoms with Gasteiger partial charge in [0.05, 0.1) is 13.2 Å². The summed E-state index contributed by atoms with van der Waals surface area (Å²) >= 11 is 0. The molecule has 0 spiro atoms. The molecule has 6 heteroatoms. The van der Waals surface area contributed by atoms with Gasteiger partial charge in [0, 0.05) is 19.9 Å². The molecular formula is C32H41O5P. The second kappa shape index (κ2) is 11.7. The highest BCUT2D eigenvalue weighted by Gasteiger charge is 2.35. The van der Waals surface area contributed by atoms with Crippen molar-refractivity contribution >= 4 is 7.37 Å². The Balaban J connectivity index is 1.61. The minimum absolute atomic E-state index is 0.0994. The quantitative estimate of drug-likeness (QED) is 0.251. The third-order valence-corrected chi connectivity index (χ3v) is 8.29. The summed E-state index contributed by atoms with van der Waals surface area (Å²) in [4.78, 5) is 10.0. The van der Waals surface area contributed by atoms with Gasteiger partial charge < -0.3 is 19.1 Å². The molecule has 1 N–H and O–H groups in total. The molecule has 0 saturated heterocycles. The fourth-order valence-electron chi connectivity index (χ4n) is 5.31. The molecule has 204 valence electrons. The molecule has 4 rings (SSSR count). The summed E-state index contributed by atoms with van der Waals surface area (Å²) in [6.07, 6.45) is 2.44. The van der Waals surface area contributed by atoms with Crippen molar-refractivity contribution in [3.8, 4) is 22.6 Å². The van der Waals surface area contributed by atoms with Crippen molar-refractivity contribution < 1.29 is 23.7 Å². The van der Waals surface area contributed by atoms with E-state index >= 15 is 0 Å². The first kappa shape index (κ1) is 28.4. The van der Waals surface area contributed by atoms with Crippen LogP contribution in [0.25, 0.3) is 11.1 Å². The Morgan fingerprint density at radius 1 is 0.974 bits per heavy atom. The smallest absolute Gasteiger partial charge is 0.198 e. The van der Waals surface area contributed by atoms with Gasteiger partial charge in [-0.3, -0.25) is 4.57 Å². The van der Waals surface area contributed by atoms with E-state index in [2.05, 4.69) is 51.1 Å². The number of rotatable bonds is 11. The molecular weight excluding hydrogens is 495 g/mol. The number of methoxy groups -OCH3 is 2. The molecule has 38 heavy (non-hydrogen) atoms. The molecule has 3 aromatic carbocycles. The maximum Gasteiger partial charge on any atom is 0.198 e. The lowest BCUT2D eigenvalue weighted by Crippen LogP contribution is -2.21. The van der Waals surface area contributed by atoms with Gasteiger partial charge in [-0.05, 0) is 88.2 Å². The van der Waals surface area contributed by atoms with Crippen LogP contribution in [-0.2, 0) is 15.9 Å². The van der Waals surface area contributed by atoms with Gasteiger partial charge in [-0.15, -0.1) is 0 Å². The average molecular weight is 537 g/mol. The Kier molecular flexibility index (Phi) is 8.72. The largest absolute Gasteiger partial charge is 0.497 e. The molecule has 0 aliphatic heterocycles. The topological polar surface area (TPSA) is 65.0 Å². The van der Waals surface area contributed by atoms with Gasteiger partial charge in [0.2, 0.25) is 0 Å². The van der Waals surface area contributed by atoms with E-state index in [1.54, 1.807) is 14.2 Å². The molecule has 0 aromatic heterocycles. The highest BCUT2D eigenvalue weighted by atomic mass is 31.2. The number of hydrogen-bond acceptors (Lipinski definition) is 4. The van der Waals surface area contributed by atoms with Crippen LogP contribution in [0.15, 0.2) is 66.7 Å². The van der Waals surface area contributed by atoms with Crippen LogP contribution in [0.3, 0.4) is 0 Å². The van der Waals surface area contributed by atoms with E-state index in [0.717, 1.165) is 52.2 Å². The van der Waals surface area contributed by atoms with E-state index in [4.69, 9.17) is 14.2 Å². The Morgan fingerprint density at radius 3 is 2.32 bits per heavy atom. The molecule has 3 aromatic rings. The standard InChI is InChI=1S/C32H41O5P/c1-32(2,3)31(36-5)29-17-22(13-16-28(29)24-9-7-11-26(18-24)35-4)20-37-27-12-8-10-25(19-27)30(23-14-15-23)21-38(6,33)34/h7-13,16-19,23,30-31H,14-15,20-21H2,1-6H3,(H,33,34)/t30-,31+/m0/s1. The summed E-state index contributed by atoms with van der Waals surface area (Å²) in [5, 5.41) is 0. The van der Waals surface area contributed by atoms with Gasteiger partial charge in [-0.2, -0.15) is 0 Å². The Labute approximate surface area is 227 Å². The second-order valence-corrected chi connectivity index (χ2v) is 14.1. The summed E-state index contributed by atoms with van der Waals surface area (Å²) in [7, 11) is 0.335. The van der Waals surface area contributed by atoms with Crippen LogP contribution in [0.2, 0.25) is 0 Å². The van der Waals surface area contributed by atoms with E-state index < -0.39 is 7.37 Å². The minimum Gasteiger partial charge on any atom is -0.497 e. The lowest BCUT2D eigenvalue weighted by atomic mass is 9.81. The highest BCUT2D eigenvalue weighted by Crippen LogP contribution is 2.51. The molecule has 1 saturated carbocycles. The van der Waals surface area contributed by atoms with Gasteiger partial charge in [-0.1, -0.05) is 57.2 Å². The van der Waals surface area contributed by atoms with E-state index in [9.17, 15) is 9.46 Å². The maximum atomic E-state index is 12.2. The van der Waals surface area contributed by atoms with Crippen LogP contribution in [0.1, 0.15) is 62.3 Å². The fourth-order valence-corrected chi connectivity index (χ4v) is 6.55. The van der Waals surface area contributed by atoms with Gasteiger partial charge in [0.25, 0.3) is 0 Å². The van der Waals surface area contributed by atoms with Crippen molar-refractivity contribution in [3.63, 3.8) is 0 Å². The van der Waals surface area contributed by atoms with Crippen molar-refractivity contribution in [1.82, 2.24) is 0 Å². The predicted molar refractivity (Wildman–Crippen MR) is 154 cm³/mol. The van der Waals surface area contributed by atoms with Crippen LogP contribution in [0.5, 0.6) is 11.5 Å². The molecule has 1 aliphatic rings. The van der Waals surface area contributed by atoms with Crippen LogP contribution >= 0.6 is 7.37 Å². The predicted octanol–water partition coefficient (Wildman–Crippen LogP) is 8.07. The number of ether oxygens (including phenoxy) is 3. The normalized spacial score (nSPS) is 16.9. The van der Waals surface area contributed by atoms with Gasteiger partial charge in [-0.25, -0.2) is 0 Å². The first-order valence-electron chi connectivity index (χ1n) is 13.3. The molecule has 1 unspecified atom stereocenters. The molecule has 0 radical (unpaired) electrons. The fraction of sp³-hybridized carbons (Fsp3) is 0.438. The monoisotopic (exact) mass is 536 g/mol. The van der Waals surface area contributed by atoms with E-state index in [0.29, 0.717) is 18.7 Å². The zero-order valence-corrected chi connectivity index (χ0v) is 24.3. The third kappa shape index (κ3) is 7.28. The molecule has 0 bridgehead atoms. The first-order chi connectivity index (χ1) is 18.0. The Morgan fingerprint density at radius 2 is 1.68 bits per heavy atom. The number of benzene rings is 3. The molecule has 0 amide bonds. The van der Waals surface area contributed by atoms with Crippen LogP contribution in [0.4, 0.5) is 0 Å². The van der Waals surface area contributed by atoms with E-state index in [1.807, 2.05) is 36.4 Å². The summed E-state index contributed by atoms with van der Waals surface area (Å²) in [5.41, 5.74) is 5.32. The van der Waals surface area contributed by atoms with Crippen molar-refractivity contribution in [1.29, 1.82) is 0 Å². The van der Waals surface area contributed by atoms with E-state index in [-0.39, 0.29) is 17.4 Å². The second-order valence-electron chi connectivity index (χ2n) is 11.7. The zero-order chi connectivity index (χ0) is 27.5. The molecule has 1 aliphatic carbocycles. The summed E-state index contributed by atoms with van der Waals surface area (Å²) in [5.74, 6) is 2.17. The molecule has 1 fully saturated rings. The van der Waals surface area contributed by atoms with Crippen LogP contribution < -0.4 is 9.47 Å². The van der Waals surface area contributed by atoms with Gasteiger partial charge >= 0.3 is 0 Å². The van der Waals surface area contributed by atoms with Crippen molar-refractivity contribution in [3.05, 3.63) is 83.4 Å². The van der Waals surface area contributed by atoms with Crippen molar-refractivity contribution in [2.75, 3.05) is 27.0 Å². The van der Waals surface area contributed by atoms with Crippen molar-refractivity contribution in [2.24, 2.45) is 11.3 Å². The Hall–Kier alpha value is -2.59. The lowest BCUT2D eigenvalue weighted by Gasteiger charge is -2.32. The Bertz CT molecular complexity index is 1290. The first-order valence-corrected chi connectivity index (χ1v) is 15.6. The maximum absolute atomic E-state index is 12.2. The van der Waals surface area contributed by atoms with Gasteiger partial charge in [0.15, 0.2) is 7.37 Å². The molecule has 3 atom stereocenters. The van der Waals surface area contributed by atoms with Gasteiger partial charge in [0.1, 0.15) is 18.1 Å². The summed E-state index contributed by atoms with van der Waals surface area (Å²) in [6, 6.07) is 22.6. The van der Waals surface area contributed by atoms with E-state index in [1.165, 1.54) is 6.66 Å².